The fraction of sp³-hybridized carbons (Fsp3) is 1.00. The van der Waals surface area contributed by atoms with Gasteiger partial charge in [-0.05, 0) is 38.0 Å². The van der Waals surface area contributed by atoms with Crippen LogP contribution in [0.1, 0.15) is 45.4 Å². The number of hydrogen-bond donors (Lipinski definition) is 2. The van der Waals surface area contributed by atoms with E-state index in [4.69, 9.17) is 5.73 Å². The summed E-state index contributed by atoms with van der Waals surface area (Å²) in [6.07, 6.45) is 8.68. The van der Waals surface area contributed by atoms with Crippen LogP contribution < -0.4 is 11.1 Å². The second-order valence-corrected chi connectivity index (χ2v) is 5.05. The monoisotopic (exact) mass is 182 g/mol. The molecule has 2 atom stereocenters. The summed E-state index contributed by atoms with van der Waals surface area (Å²) < 4.78 is 0. The van der Waals surface area contributed by atoms with Crippen LogP contribution in [0.2, 0.25) is 0 Å². The maximum absolute atomic E-state index is 5.74. The number of rotatable bonds is 3. The zero-order valence-corrected chi connectivity index (χ0v) is 8.68. The first-order chi connectivity index (χ1) is 6.23. The minimum Gasteiger partial charge on any atom is -0.327 e. The Morgan fingerprint density at radius 3 is 2.54 bits per heavy atom. The average molecular weight is 182 g/mol. The van der Waals surface area contributed by atoms with Crippen molar-refractivity contribution in [3.63, 3.8) is 0 Å². The van der Waals surface area contributed by atoms with Crippen LogP contribution in [0.15, 0.2) is 0 Å². The van der Waals surface area contributed by atoms with Crippen LogP contribution in [0.25, 0.3) is 0 Å². The molecular weight excluding hydrogens is 160 g/mol. The molecule has 0 heterocycles. The van der Waals surface area contributed by atoms with Gasteiger partial charge in [0.25, 0.3) is 0 Å². The van der Waals surface area contributed by atoms with E-state index < -0.39 is 0 Å². The van der Waals surface area contributed by atoms with E-state index in [9.17, 15) is 0 Å². The van der Waals surface area contributed by atoms with Gasteiger partial charge < -0.3 is 11.1 Å². The van der Waals surface area contributed by atoms with E-state index in [1.807, 2.05) is 0 Å². The third kappa shape index (κ3) is 1.75. The maximum atomic E-state index is 5.74. The van der Waals surface area contributed by atoms with Crippen molar-refractivity contribution in [2.75, 3.05) is 6.54 Å². The Morgan fingerprint density at radius 1 is 1.38 bits per heavy atom. The van der Waals surface area contributed by atoms with Crippen LogP contribution in [-0.4, -0.2) is 18.6 Å². The molecule has 13 heavy (non-hydrogen) atoms. The van der Waals surface area contributed by atoms with Gasteiger partial charge in [0.15, 0.2) is 0 Å². The van der Waals surface area contributed by atoms with Crippen LogP contribution in [0.3, 0.4) is 0 Å². The first kappa shape index (κ1) is 9.47. The normalized spacial score (nSPS) is 33.2. The van der Waals surface area contributed by atoms with Crippen molar-refractivity contribution in [3.05, 3.63) is 0 Å². The quantitative estimate of drug-likeness (QED) is 0.696. The third-order valence-corrected chi connectivity index (χ3v) is 3.96. The molecule has 0 amide bonds. The molecule has 2 aliphatic rings. The largest absolute Gasteiger partial charge is 0.327 e. The Balaban J connectivity index is 1.80. The molecule has 76 valence electrons. The van der Waals surface area contributed by atoms with Gasteiger partial charge in [-0.25, -0.2) is 0 Å². The standard InChI is InChI=1S/C11H22N2/c1-9(12)8-13-10-4-7-11(10)5-2-3-6-11/h9-10,13H,2-8,12H2,1H3/t9-,10?/m1/s1. The van der Waals surface area contributed by atoms with E-state index >= 15 is 0 Å². The molecule has 0 aromatic rings. The lowest BCUT2D eigenvalue weighted by molar-refractivity contribution is 0.0724. The van der Waals surface area contributed by atoms with Gasteiger partial charge >= 0.3 is 0 Å². The van der Waals surface area contributed by atoms with Crippen molar-refractivity contribution in [1.29, 1.82) is 0 Å². The minimum absolute atomic E-state index is 0.305. The molecule has 0 aromatic carbocycles. The van der Waals surface area contributed by atoms with Crippen molar-refractivity contribution in [2.45, 2.75) is 57.5 Å². The van der Waals surface area contributed by atoms with Gasteiger partial charge in [0.2, 0.25) is 0 Å². The molecule has 2 rings (SSSR count). The van der Waals surface area contributed by atoms with Crippen molar-refractivity contribution in [2.24, 2.45) is 11.1 Å². The maximum Gasteiger partial charge on any atom is 0.0136 e. The van der Waals surface area contributed by atoms with Crippen molar-refractivity contribution < 1.29 is 0 Å². The molecule has 0 bridgehead atoms. The summed E-state index contributed by atoms with van der Waals surface area (Å²) in [5.74, 6) is 0. The highest BCUT2D eigenvalue weighted by Crippen LogP contribution is 2.53. The molecule has 2 nitrogen and oxygen atoms in total. The van der Waals surface area contributed by atoms with Gasteiger partial charge in [0.1, 0.15) is 0 Å². The SMILES string of the molecule is C[C@@H](N)CNC1CCC12CCCC2. The highest BCUT2D eigenvalue weighted by molar-refractivity contribution is 5.02. The van der Waals surface area contributed by atoms with Gasteiger partial charge in [-0.2, -0.15) is 0 Å². The average Bonchev–Trinajstić information content (AvgIpc) is 2.51. The predicted molar refractivity (Wildman–Crippen MR) is 55.6 cm³/mol. The molecule has 3 N–H and O–H groups in total. The van der Waals surface area contributed by atoms with E-state index in [2.05, 4.69) is 12.2 Å². The zero-order chi connectivity index (χ0) is 9.31. The van der Waals surface area contributed by atoms with Crippen LogP contribution in [0, 0.1) is 5.41 Å². The lowest BCUT2D eigenvalue weighted by Gasteiger charge is -2.48. The van der Waals surface area contributed by atoms with Gasteiger partial charge in [0, 0.05) is 18.6 Å². The number of hydrogen-bond acceptors (Lipinski definition) is 2. The summed E-state index contributed by atoms with van der Waals surface area (Å²) in [7, 11) is 0. The van der Waals surface area contributed by atoms with Crippen molar-refractivity contribution in [1.82, 2.24) is 5.32 Å². The smallest absolute Gasteiger partial charge is 0.0136 e. The molecule has 2 heteroatoms. The first-order valence-electron chi connectivity index (χ1n) is 5.72. The summed E-state index contributed by atoms with van der Waals surface area (Å²) in [6, 6.07) is 1.10. The van der Waals surface area contributed by atoms with Crippen LogP contribution in [0.4, 0.5) is 0 Å². The fourth-order valence-corrected chi connectivity index (χ4v) is 3.02. The summed E-state index contributed by atoms with van der Waals surface area (Å²) >= 11 is 0. The van der Waals surface area contributed by atoms with Crippen molar-refractivity contribution >= 4 is 0 Å². The Bertz CT molecular complexity index is 171. The highest BCUT2D eigenvalue weighted by Gasteiger charge is 2.47. The first-order valence-corrected chi connectivity index (χ1v) is 5.72. The van der Waals surface area contributed by atoms with Crippen molar-refractivity contribution in [3.8, 4) is 0 Å². The Labute approximate surface area is 81.3 Å². The summed E-state index contributed by atoms with van der Waals surface area (Å²) in [4.78, 5) is 0. The lowest BCUT2D eigenvalue weighted by atomic mass is 9.63. The zero-order valence-electron chi connectivity index (χ0n) is 8.68. The van der Waals surface area contributed by atoms with Crippen LogP contribution in [0.5, 0.6) is 0 Å². The Kier molecular flexibility index (Phi) is 2.61. The summed E-state index contributed by atoms with van der Waals surface area (Å²) in [6.45, 7) is 3.07. The topological polar surface area (TPSA) is 38.0 Å². The molecule has 2 saturated carbocycles. The van der Waals surface area contributed by atoms with E-state index in [1.54, 1.807) is 0 Å². The van der Waals surface area contributed by atoms with Crippen LogP contribution in [-0.2, 0) is 0 Å². The second-order valence-electron chi connectivity index (χ2n) is 5.05. The number of nitrogens with two attached hydrogens (primary N) is 1. The minimum atomic E-state index is 0.305. The molecule has 1 spiro atoms. The third-order valence-electron chi connectivity index (χ3n) is 3.96. The van der Waals surface area contributed by atoms with Gasteiger partial charge in [0.05, 0.1) is 0 Å². The van der Waals surface area contributed by atoms with Gasteiger partial charge in [-0.1, -0.05) is 12.8 Å². The van der Waals surface area contributed by atoms with E-state index in [1.165, 1.54) is 38.5 Å². The fourth-order valence-electron chi connectivity index (χ4n) is 3.02. The molecule has 0 saturated heterocycles. The Hall–Kier alpha value is -0.0800. The highest BCUT2D eigenvalue weighted by atomic mass is 15.0. The molecular formula is C11H22N2. The van der Waals surface area contributed by atoms with Gasteiger partial charge in [-0.3, -0.25) is 0 Å². The lowest BCUT2D eigenvalue weighted by Crippen LogP contribution is -2.54. The molecule has 0 radical (unpaired) electrons. The van der Waals surface area contributed by atoms with Gasteiger partial charge in [-0.15, -0.1) is 0 Å². The second kappa shape index (κ2) is 3.58. The summed E-state index contributed by atoms with van der Waals surface area (Å²) in [5, 5.41) is 3.63. The molecule has 0 aromatic heterocycles. The van der Waals surface area contributed by atoms with Crippen LogP contribution >= 0.6 is 0 Å². The number of nitrogens with one attached hydrogen (secondary N) is 1. The molecule has 2 aliphatic carbocycles. The molecule has 2 fully saturated rings. The van der Waals surface area contributed by atoms with E-state index in [0.717, 1.165) is 12.6 Å². The molecule has 1 unspecified atom stereocenters. The summed E-state index contributed by atoms with van der Waals surface area (Å²) in [5.41, 5.74) is 6.45. The predicted octanol–water partition coefficient (Wildman–Crippen LogP) is 1.65. The van der Waals surface area contributed by atoms with E-state index in [-0.39, 0.29) is 0 Å². The Morgan fingerprint density at radius 2 is 2.08 bits per heavy atom. The molecule has 0 aliphatic heterocycles. The van der Waals surface area contributed by atoms with E-state index in [0.29, 0.717) is 11.5 Å².